The van der Waals surface area contributed by atoms with Gasteiger partial charge < -0.3 is 5.73 Å². The number of nitriles is 1. The Morgan fingerprint density at radius 3 is 2.66 bits per heavy atom. The number of hydrogen-bond acceptors (Lipinski definition) is 6. The van der Waals surface area contributed by atoms with Crippen molar-refractivity contribution in [2.24, 2.45) is 5.73 Å². The van der Waals surface area contributed by atoms with Crippen molar-refractivity contribution >= 4 is 16.6 Å². The Bertz CT molecular complexity index is 1360. The number of benzene rings is 1. The summed E-state index contributed by atoms with van der Waals surface area (Å²) in [7, 11) is 0. The first-order chi connectivity index (χ1) is 15.3. The lowest BCUT2D eigenvalue weighted by atomic mass is 10.1. The number of nitrogens with two attached hydrogens (primary N) is 1. The van der Waals surface area contributed by atoms with E-state index >= 15 is 0 Å². The van der Waals surface area contributed by atoms with Crippen LogP contribution < -0.4 is 5.73 Å². The Morgan fingerprint density at radius 2 is 1.94 bits per heavy atom. The van der Waals surface area contributed by atoms with Gasteiger partial charge in [-0.1, -0.05) is 18.2 Å². The van der Waals surface area contributed by atoms with Crippen LogP contribution in [-0.4, -0.2) is 49.8 Å². The summed E-state index contributed by atoms with van der Waals surface area (Å²) in [4.78, 5) is 5.93. The fraction of sp³-hybridized carbons (Fsp3) is 0.273. The van der Waals surface area contributed by atoms with Crippen LogP contribution in [0.1, 0.15) is 23.6 Å². The maximum atomic E-state index is 14.0. The van der Waals surface area contributed by atoms with Gasteiger partial charge in [-0.05, 0) is 36.2 Å². The quantitative estimate of drug-likeness (QED) is 0.527. The topological polar surface area (TPSA) is 96.1 Å². The molecule has 2 unspecified atom stereocenters. The van der Waals surface area contributed by atoms with Crippen LogP contribution in [0.15, 0.2) is 48.7 Å². The zero-order valence-corrected chi connectivity index (χ0v) is 16.8. The van der Waals surface area contributed by atoms with E-state index in [9.17, 15) is 13.2 Å². The summed E-state index contributed by atoms with van der Waals surface area (Å²) < 4.78 is 43.6. The van der Waals surface area contributed by atoms with Crippen molar-refractivity contribution in [1.29, 1.82) is 5.26 Å². The molecule has 1 aromatic carbocycles. The lowest BCUT2D eigenvalue weighted by Gasteiger charge is -2.30. The number of halogens is 3. The first-order valence-electron chi connectivity index (χ1n) is 10.1. The number of fused-ring (bicyclic) bond motifs is 2. The Morgan fingerprint density at radius 1 is 1.12 bits per heavy atom. The maximum Gasteiger partial charge on any atom is 0.408 e. The van der Waals surface area contributed by atoms with Crippen molar-refractivity contribution < 1.29 is 13.2 Å². The molecule has 2 atom stereocenters. The predicted octanol–water partition coefficient (Wildman–Crippen LogP) is 3.45. The van der Waals surface area contributed by atoms with Crippen molar-refractivity contribution in [3.63, 3.8) is 0 Å². The second-order valence-electron chi connectivity index (χ2n) is 7.92. The lowest BCUT2D eigenvalue weighted by Crippen LogP contribution is -2.38. The van der Waals surface area contributed by atoms with Gasteiger partial charge >= 0.3 is 6.18 Å². The summed E-state index contributed by atoms with van der Waals surface area (Å²) in [5.74, 6) is 0.324. The van der Waals surface area contributed by atoms with E-state index in [1.807, 2.05) is 6.07 Å². The molecule has 1 fully saturated rings. The minimum Gasteiger partial charge on any atom is -0.326 e. The highest BCUT2D eigenvalue weighted by atomic mass is 19.4. The number of pyridine rings is 2. The highest BCUT2D eigenvalue weighted by Gasteiger charge is 2.46. The molecule has 0 amide bonds. The Labute approximate surface area is 180 Å². The first kappa shape index (κ1) is 20.4. The molecule has 0 spiro atoms. The minimum absolute atomic E-state index is 0.0905. The largest absolute Gasteiger partial charge is 0.408 e. The van der Waals surface area contributed by atoms with Crippen molar-refractivity contribution in [3.05, 3.63) is 59.8 Å². The molecule has 5 rings (SSSR count). The monoisotopic (exact) mass is 437 g/mol. The van der Waals surface area contributed by atoms with Crippen LogP contribution in [0.25, 0.3) is 28.1 Å². The molecule has 0 aliphatic carbocycles. The zero-order valence-electron chi connectivity index (χ0n) is 16.8. The van der Waals surface area contributed by atoms with Gasteiger partial charge in [0, 0.05) is 30.7 Å². The van der Waals surface area contributed by atoms with Gasteiger partial charge in [0.1, 0.15) is 11.7 Å². The van der Waals surface area contributed by atoms with Crippen LogP contribution in [0, 0.1) is 11.3 Å². The molecule has 2 N–H and O–H groups in total. The lowest BCUT2D eigenvalue weighted by molar-refractivity contribution is -0.183. The summed E-state index contributed by atoms with van der Waals surface area (Å²) in [6.07, 6.45) is -2.51. The fourth-order valence-electron chi connectivity index (χ4n) is 4.21. The number of alkyl halides is 3. The minimum atomic E-state index is -4.46. The van der Waals surface area contributed by atoms with Gasteiger partial charge in [-0.25, -0.2) is 4.98 Å². The van der Waals surface area contributed by atoms with E-state index in [2.05, 4.69) is 21.3 Å². The maximum absolute atomic E-state index is 14.0. The molecule has 0 saturated carbocycles. The van der Waals surface area contributed by atoms with Crippen LogP contribution in [0.2, 0.25) is 0 Å². The molecule has 3 aromatic heterocycles. The number of rotatable bonds is 3. The molecule has 1 aliphatic rings. The highest BCUT2D eigenvalue weighted by Crippen LogP contribution is 2.39. The van der Waals surface area contributed by atoms with Crippen molar-refractivity contribution in [3.8, 4) is 17.6 Å². The van der Waals surface area contributed by atoms with E-state index in [0.717, 1.165) is 5.39 Å². The van der Waals surface area contributed by atoms with Gasteiger partial charge in [0.05, 0.1) is 17.1 Å². The average molecular weight is 437 g/mol. The molecule has 1 aliphatic heterocycles. The molecule has 32 heavy (non-hydrogen) atoms. The predicted molar refractivity (Wildman–Crippen MR) is 111 cm³/mol. The molecule has 7 nitrogen and oxygen atoms in total. The SMILES string of the molecule is N#Cc1ccc2ccc(-c3nnc4ccc(C(N5CCC(N)C5)C(F)(F)F)cn34)nc2c1. The van der Waals surface area contributed by atoms with E-state index < -0.39 is 12.2 Å². The van der Waals surface area contributed by atoms with Crippen LogP contribution >= 0.6 is 0 Å². The van der Waals surface area contributed by atoms with Crippen LogP contribution in [0.4, 0.5) is 13.2 Å². The van der Waals surface area contributed by atoms with E-state index in [4.69, 9.17) is 11.0 Å². The molecule has 162 valence electrons. The summed E-state index contributed by atoms with van der Waals surface area (Å²) in [5, 5.41) is 18.2. The second-order valence-corrected chi connectivity index (χ2v) is 7.92. The van der Waals surface area contributed by atoms with Gasteiger partial charge in [0.2, 0.25) is 0 Å². The van der Waals surface area contributed by atoms with Crippen LogP contribution in [0.3, 0.4) is 0 Å². The average Bonchev–Trinajstić information content (AvgIpc) is 3.38. The van der Waals surface area contributed by atoms with Crippen molar-refractivity contribution in [1.82, 2.24) is 24.5 Å². The standard InChI is InChI=1S/C22H18F3N7/c23-22(24,25)20(31-8-7-16(27)12-31)15-4-6-19-29-30-21(32(19)11-15)17-5-3-14-2-1-13(10-26)9-18(14)28-17/h1-6,9,11,16,20H,7-8,12,27H2. The molecule has 0 bridgehead atoms. The third-order valence-electron chi connectivity index (χ3n) is 5.72. The Kier molecular flexibility index (Phi) is 4.80. The third kappa shape index (κ3) is 3.55. The van der Waals surface area contributed by atoms with Crippen molar-refractivity contribution in [2.75, 3.05) is 13.1 Å². The van der Waals surface area contributed by atoms with Crippen LogP contribution in [-0.2, 0) is 0 Å². The Balaban J connectivity index is 1.61. The molecule has 4 heterocycles. The van der Waals surface area contributed by atoms with Gasteiger partial charge in [0.25, 0.3) is 0 Å². The van der Waals surface area contributed by atoms with Gasteiger partial charge in [-0.2, -0.15) is 18.4 Å². The molecular formula is C22H18F3N7. The summed E-state index contributed by atoms with van der Waals surface area (Å²) >= 11 is 0. The molecule has 0 radical (unpaired) electrons. The van der Waals surface area contributed by atoms with Crippen LogP contribution in [0.5, 0.6) is 0 Å². The normalized spacial score (nSPS) is 18.3. The van der Waals surface area contributed by atoms with Gasteiger partial charge in [-0.3, -0.25) is 9.30 Å². The second kappa shape index (κ2) is 7.55. The number of hydrogen-bond donors (Lipinski definition) is 1. The molecule has 4 aromatic rings. The number of nitrogens with zero attached hydrogens (tertiary/aromatic N) is 6. The van der Waals surface area contributed by atoms with E-state index in [1.165, 1.54) is 27.6 Å². The smallest absolute Gasteiger partial charge is 0.326 e. The zero-order chi connectivity index (χ0) is 22.5. The Hall–Kier alpha value is -3.55. The highest BCUT2D eigenvalue weighted by molar-refractivity contribution is 5.82. The molecule has 1 saturated heterocycles. The van der Waals surface area contributed by atoms with Gasteiger partial charge in [0.15, 0.2) is 11.5 Å². The van der Waals surface area contributed by atoms with E-state index in [1.54, 1.807) is 24.3 Å². The summed E-state index contributed by atoms with van der Waals surface area (Å²) in [5.41, 5.74) is 7.87. The fourth-order valence-corrected chi connectivity index (χ4v) is 4.21. The molecular weight excluding hydrogens is 419 g/mol. The first-order valence-corrected chi connectivity index (χ1v) is 10.1. The van der Waals surface area contributed by atoms with Gasteiger partial charge in [-0.15, -0.1) is 10.2 Å². The van der Waals surface area contributed by atoms with Crippen molar-refractivity contribution in [2.45, 2.75) is 24.7 Å². The number of aromatic nitrogens is 4. The summed E-state index contributed by atoms with van der Waals surface area (Å²) in [6.45, 7) is 0.469. The number of likely N-dealkylation sites (tertiary alicyclic amines) is 1. The molecule has 10 heteroatoms. The van der Waals surface area contributed by atoms with E-state index in [-0.39, 0.29) is 24.7 Å². The summed E-state index contributed by atoms with van der Waals surface area (Å²) in [6, 6.07) is 11.7. The third-order valence-corrected chi connectivity index (χ3v) is 5.72. The van der Waals surface area contributed by atoms with E-state index in [0.29, 0.717) is 34.7 Å².